The molecule has 0 aliphatic heterocycles. The molecule has 5 rings (SSSR count). The highest BCUT2D eigenvalue weighted by Gasteiger charge is 2.38. The van der Waals surface area contributed by atoms with Crippen LogP contribution in [0.2, 0.25) is 0 Å². The first-order valence-electron chi connectivity index (χ1n) is 11.7. The first-order valence-corrected chi connectivity index (χ1v) is 11.7. The summed E-state index contributed by atoms with van der Waals surface area (Å²) in [6.45, 7) is 1.86. The molecule has 0 bridgehead atoms. The summed E-state index contributed by atoms with van der Waals surface area (Å²) in [4.78, 5) is 25.6. The van der Waals surface area contributed by atoms with Crippen LogP contribution in [0.5, 0.6) is 0 Å². The number of primary amides is 1. The summed E-state index contributed by atoms with van der Waals surface area (Å²) in [6.07, 6.45) is 7.24. The lowest BCUT2D eigenvalue weighted by atomic mass is 9.73. The molecule has 2 heterocycles. The van der Waals surface area contributed by atoms with Crippen LogP contribution >= 0.6 is 0 Å². The minimum atomic E-state index is -0.900. The van der Waals surface area contributed by atoms with Gasteiger partial charge in [-0.05, 0) is 57.1 Å². The molecule has 2 saturated carbocycles. The van der Waals surface area contributed by atoms with Gasteiger partial charge in [0.15, 0.2) is 17.3 Å². The van der Waals surface area contributed by atoms with Gasteiger partial charge in [-0.25, -0.2) is 18.7 Å². The first-order chi connectivity index (χ1) is 16.8. The number of nitrogens with zero attached hydrogens (tertiary/aromatic N) is 5. The molecule has 2 aliphatic rings. The van der Waals surface area contributed by atoms with E-state index >= 15 is 0 Å². The van der Waals surface area contributed by atoms with Gasteiger partial charge >= 0.3 is 0 Å². The predicted octanol–water partition coefficient (Wildman–Crippen LogP) is 4.29. The molecule has 1 amide bonds. The fourth-order valence-electron chi connectivity index (χ4n) is 4.74. The molecular formula is C24H26F2N8O. The van der Waals surface area contributed by atoms with Crippen LogP contribution in [0.25, 0.3) is 11.2 Å². The highest BCUT2D eigenvalue weighted by molar-refractivity contribution is 5.80. The largest absolute Gasteiger partial charge is 0.369 e. The number of carbonyl (C=O) groups excluding carboxylic acids is 1. The third-order valence-electron chi connectivity index (χ3n) is 7.30. The first kappa shape index (κ1) is 23.0. The molecule has 1 aromatic carbocycles. The highest BCUT2D eigenvalue weighted by atomic mass is 19.1. The van der Waals surface area contributed by atoms with Gasteiger partial charge in [0.1, 0.15) is 11.2 Å². The Morgan fingerprint density at radius 3 is 2.46 bits per heavy atom. The van der Waals surface area contributed by atoms with Crippen molar-refractivity contribution in [2.75, 3.05) is 10.6 Å². The van der Waals surface area contributed by atoms with Gasteiger partial charge in [-0.3, -0.25) is 9.36 Å². The minimum absolute atomic E-state index is 0.116. The topological polar surface area (TPSA) is 135 Å². The van der Waals surface area contributed by atoms with Crippen LogP contribution in [0.4, 0.5) is 26.4 Å². The number of imidazole rings is 1. The summed E-state index contributed by atoms with van der Waals surface area (Å²) in [6, 6.07) is 3.89. The van der Waals surface area contributed by atoms with Crippen molar-refractivity contribution in [3.63, 3.8) is 0 Å². The molecule has 0 unspecified atom stereocenters. The number of nitriles is 1. The summed E-state index contributed by atoms with van der Waals surface area (Å²) < 4.78 is 31.2. The van der Waals surface area contributed by atoms with E-state index in [0.717, 1.165) is 31.4 Å². The predicted molar refractivity (Wildman–Crippen MR) is 126 cm³/mol. The van der Waals surface area contributed by atoms with Crippen LogP contribution in [-0.2, 0) is 4.79 Å². The number of anilines is 3. The van der Waals surface area contributed by atoms with Crippen LogP contribution in [0.1, 0.15) is 63.5 Å². The van der Waals surface area contributed by atoms with Gasteiger partial charge in [-0.2, -0.15) is 10.2 Å². The summed E-state index contributed by atoms with van der Waals surface area (Å²) in [5.41, 5.74) is 5.52. The normalized spacial score (nSPS) is 22.4. The fraction of sp³-hybridized carbons (Fsp3) is 0.458. The van der Waals surface area contributed by atoms with E-state index < -0.39 is 22.7 Å². The Bertz CT molecular complexity index is 1310. The number of amides is 1. The van der Waals surface area contributed by atoms with Crippen molar-refractivity contribution in [2.24, 2.45) is 11.1 Å². The van der Waals surface area contributed by atoms with Crippen LogP contribution in [0.3, 0.4) is 0 Å². The van der Waals surface area contributed by atoms with E-state index in [1.54, 1.807) is 12.3 Å². The zero-order valence-corrected chi connectivity index (χ0v) is 19.3. The second-order valence-electron chi connectivity index (χ2n) is 9.69. The molecule has 182 valence electrons. The van der Waals surface area contributed by atoms with Crippen LogP contribution in [0.15, 0.2) is 18.3 Å². The van der Waals surface area contributed by atoms with Crippen molar-refractivity contribution in [3.05, 3.63) is 35.5 Å². The minimum Gasteiger partial charge on any atom is -0.369 e. The highest BCUT2D eigenvalue weighted by Crippen LogP contribution is 2.43. The Labute approximate surface area is 200 Å². The van der Waals surface area contributed by atoms with Gasteiger partial charge in [0.2, 0.25) is 17.8 Å². The third kappa shape index (κ3) is 4.24. The number of halogens is 2. The second-order valence-corrected chi connectivity index (χ2v) is 9.69. The maximum absolute atomic E-state index is 14.7. The number of aromatic nitrogens is 4. The monoisotopic (exact) mass is 480 g/mol. The number of hydrogen-bond donors (Lipinski definition) is 3. The number of nitrogens with two attached hydrogens (primary N) is 1. The lowest BCUT2D eigenvalue weighted by Crippen LogP contribution is -2.38. The molecule has 2 aromatic heterocycles. The van der Waals surface area contributed by atoms with E-state index in [1.807, 2.05) is 11.5 Å². The standard InChI is InChI=1S/C24H26F2N8O/c1-24(21(28)35)7-5-15(6-8-24)34-20-18(12-29-22(33-20)30-14-3-2-4-14)31-23(34)32-19-16(25)9-13(11-27)10-17(19)26/h9-10,12,14-15H,2-8H2,1H3,(H2,28,35)(H,31,32)(H,29,30,33)/t15-,24-. The van der Waals surface area contributed by atoms with E-state index in [-0.39, 0.29) is 23.5 Å². The van der Waals surface area contributed by atoms with Crippen molar-refractivity contribution in [3.8, 4) is 6.07 Å². The van der Waals surface area contributed by atoms with Gasteiger partial charge in [0.25, 0.3) is 0 Å². The maximum atomic E-state index is 14.7. The van der Waals surface area contributed by atoms with Crippen molar-refractivity contribution >= 4 is 34.7 Å². The van der Waals surface area contributed by atoms with Crippen LogP contribution in [-0.4, -0.2) is 31.5 Å². The maximum Gasteiger partial charge on any atom is 0.224 e. The Balaban J connectivity index is 1.55. The molecule has 2 aliphatic carbocycles. The summed E-state index contributed by atoms with van der Waals surface area (Å²) in [5, 5.41) is 15.1. The number of rotatable bonds is 6. The quantitative estimate of drug-likeness (QED) is 0.479. The summed E-state index contributed by atoms with van der Waals surface area (Å²) in [7, 11) is 0. The van der Waals surface area contributed by atoms with Gasteiger partial charge in [-0.15, -0.1) is 0 Å². The third-order valence-corrected chi connectivity index (χ3v) is 7.30. The molecule has 9 nitrogen and oxygen atoms in total. The summed E-state index contributed by atoms with van der Waals surface area (Å²) in [5.74, 6) is -1.44. The van der Waals surface area contributed by atoms with Crippen molar-refractivity contribution in [1.82, 2.24) is 19.5 Å². The molecule has 0 radical (unpaired) electrons. The number of fused-ring (bicyclic) bond motifs is 1. The van der Waals surface area contributed by atoms with E-state index in [2.05, 4.69) is 20.6 Å². The van der Waals surface area contributed by atoms with Gasteiger partial charge < -0.3 is 16.4 Å². The zero-order valence-electron chi connectivity index (χ0n) is 19.3. The molecule has 0 saturated heterocycles. The van der Waals surface area contributed by atoms with Crippen LogP contribution in [0, 0.1) is 28.4 Å². The molecule has 4 N–H and O–H groups in total. The molecule has 0 atom stereocenters. The molecule has 11 heteroatoms. The summed E-state index contributed by atoms with van der Waals surface area (Å²) >= 11 is 0. The fourth-order valence-corrected chi connectivity index (χ4v) is 4.74. The average molecular weight is 481 g/mol. The number of nitrogens with one attached hydrogen (secondary N) is 2. The Kier molecular flexibility index (Phi) is 5.75. The average Bonchev–Trinajstić information content (AvgIpc) is 3.16. The molecule has 0 spiro atoms. The lowest BCUT2D eigenvalue weighted by Gasteiger charge is -2.35. The zero-order chi connectivity index (χ0) is 24.7. The Morgan fingerprint density at radius 1 is 1.20 bits per heavy atom. The number of benzene rings is 1. The van der Waals surface area contributed by atoms with Crippen LogP contribution < -0.4 is 16.4 Å². The van der Waals surface area contributed by atoms with Crippen molar-refractivity contribution < 1.29 is 13.6 Å². The Hall–Kier alpha value is -3.81. The van der Waals surface area contributed by atoms with Crippen molar-refractivity contribution in [2.45, 2.75) is 64.0 Å². The number of carbonyl (C=O) groups is 1. The molecule has 35 heavy (non-hydrogen) atoms. The van der Waals surface area contributed by atoms with Gasteiger partial charge in [-0.1, -0.05) is 6.92 Å². The molecule has 2 fully saturated rings. The SMILES string of the molecule is C[C@]1(C(N)=O)CC[C@H](n2c(Nc3c(F)cc(C#N)cc3F)nc3cnc(NC4CCC4)nc32)CC1. The second kappa shape index (κ2) is 8.76. The van der Waals surface area contributed by atoms with Gasteiger partial charge in [0.05, 0.1) is 17.8 Å². The lowest BCUT2D eigenvalue weighted by molar-refractivity contribution is -0.128. The van der Waals surface area contributed by atoms with E-state index in [4.69, 9.17) is 16.0 Å². The smallest absolute Gasteiger partial charge is 0.224 e. The van der Waals surface area contributed by atoms with E-state index in [9.17, 15) is 13.6 Å². The molecule has 3 aromatic rings. The molecular weight excluding hydrogens is 454 g/mol. The van der Waals surface area contributed by atoms with E-state index in [1.165, 1.54) is 0 Å². The van der Waals surface area contributed by atoms with Gasteiger partial charge in [0, 0.05) is 17.5 Å². The van der Waals surface area contributed by atoms with E-state index in [0.29, 0.717) is 48.8 Å². The Morgan fingerprint density at radius 2 is 1.89 bits per heavy atom. The number of hydrogen-bond acceptors (Lipinski definition) is 7. The van der Waals surface area contributed by atoms with Crippen molar-refractivity contribution in [1.29, 1.82) is 5.26 Å².